The lowest BCUT2D eigenvalue weighted by molar-refractivity contribution is 0.445. The molecule has 3 N–H and O–H groups in total. The first-order chi connectivity index (χ1) is 7.02. The van der Waals surface area contributed by atoms with E-state index >= 15 is 0 Å². The average molecular weight is 309 g/mol. The van der Waals surface area contributed by atoms with Crippen LogP contribution >= 0.6 is 28.3 Å². The molecule has 1 atom stereocenters. The summed E-state index contributed by atoms with van der Waals surface area (Å²) >= 11 is 3.29. The molecule has 2 nitrogen and oxygen atoms in total. The Hall–Kier alpha value is -0.250. The van der Waals surface area contributed by atoms with E-state index in [1.807, 2.05) is 18.2 Å². The summed E-state index contributed by atoms with van der Waals surface area (Å²) in [6.45, 7) is 4.35. The van der Waals surface area contributed by atoms with Gasteiger partial charge in [-0.05, 0) is 40.8 Å². The largest absolute Gasteiger partial charge is 0.506 e. The van der Waals surface area contributed by atoms with E-state index in [1.54, 1.807) is 0 Å². The summed E-state index contributed by atoms with van der Waals surface area (Å²) in [5, 5.41) is 9.81. The second-order valence-corrected chi connectivity index (χ2v) is 5.11. The van der Waals surface area contributed by atoms with E-state index in [0.29, 0.717) is 10.4 Å². The van der Waals surface area contributed by atoms with Crippen LogP contribution in [0.1, 0.15) is 38.3 Å². The molecule has 1 aromatic rings. The molecule has 0 fully saturated rings. The Morgan fingerprint density at radius 2 is 1.94 bits per heavy atom. The predicted octanol–water partition coefficient (Wildman–Crippen LogP) is 4.01. The van der Waals surface area contributed by atoms with Gasteiger partial charge in [-0.1, -0.05) is 26.0 Å². The molecular formula is C12H19BrClNO. The number of aromatic hydroxyl groups is 1. The normalized spacial score (nSPS) is 12.3. The molecule has 16 heavy (non-hydrogen) atoms. The van der Waals surface area contributed by atoms with Crippen LogP contribution in [0.25, 0.3) is 0 Å². The number of nitrogens with two attached hydrogens (primary N) is 1. The molecule has 1 rings (SSSR count). The van der Waals surface area contributed by atoms with Gasteiger partial charge in [0.25, 0.3) is 0 Å². The number of phenols is 1. The fraction of sp³-hybridized carbons (Fsp3) is 0.500. The van der Waals surface area contributed by atoms with Crippen LogP contribution in [0.4, 0.5) is 0 Å². The molecule has 0 amide bonds. The van der Waals surface area contributed by atoms with Gasteiger partial charge in [0.05, 0.1) is 4.47 Å². The number of hydrogen-bond acceptors (Lipinski definition) is 2. The third kappa shape index (κ3) is 4.32. The minimum atomic E-state index is -0.0788. The first-order valence-electron chi connectivity index (χ1n) is 5.25. The van der Waals surface area contributed by atoms with Gasteiger partial charge in [-0.15, -0.1) is 12.4 Å². The average Bonchev–Trinajstić information content (AvgIpc) is 2.18. The fourth-order valence-electron chi connectivity index (χ4n) is 1.50. The van der Waals surface area contributed by atoms with E-state index in [2.05, 4.69) is 29.8 Å². The van der Waals surface area contributed by atoms with Crippen molar-refractivity contribution in [2.75, 3.05) is 0 Å². The Morgan fingerprint density at radius 1 is 1.31 bits per heavy atom. The standard InChI is InChI=1S/C12H18BrNO.ClH/c1-8(2)6-7-11(14)9-4-3-5-10(13)12(9)15;/h3-5,8,11,15H,6-7,14H2,1-2H3;1H/t11-;/m1./s1. The number of halogens is 2. The van der Waals surface area contributed by atoms with Crippen LogP contribution in [0.3, 0.4) is 0 Å². The zero-order chi connectivity index (χ0) is 11.4. The highest BCUT2D eigenvalue weighted by molar-refractivity contribution is 9.10. The molecule has 92 valence electrons. The van der Waals surface area contributed by atoms with Crippen LogP contribution < -0.4 is 5.73 Å². The molecule has 0 saturated carbocycles. The lowest BCUT2D eigenvalue weighted by atomic mass is 9.98. The zero-order valence-corrected chi connectivity index (χ0v) is 12.0. The molecule has 0 unspecified atom stereocenters. The molecule has 0 spiro atoms. The number of phenolic OH excluding ortho intramolecular Hbond substituents is 1. The summed E-state index contributed by atoms with van der Waals surface area (Å²) in [6.07, 6.45) is 1.98. The van der Waals surface area contributed by atoms with E-state index in [1.165, 1.54) is 0 Å². The van der Waals surface area contributed by atoms with E-state index in [4.69, 9.17) is 5.73 Å². The van der Waals surface area contributed by atoms with Crippen LogP contribution in [0, 0.1) is 5.92 Å². The Morgan fingerprint density at radius 3 is 2.50 bits per heavy atom. The Balaban J connectivity index is 0.00000225. The molecule has 4 heteroatoms. The van der Waals surface area contributed by atoms with Crippen molar-refractivity contribution < 1.29 is 5.11 Å². The summed E-state index contributed by atoms with van der Waals surface area (Å²) in [7, 11) is 0. The topological polar surface area (TPSA) is 46.2 Å². The van der Waals surface area contributed by atoms with Crippen molar-refractivity contribution in [1.82, 2.24) is 0 Å². The van der Waals surface area contributed by atoms with Gasteiger partial charge in [-0.25, -0.2) is 0 Å². The number of hydrogen-bond donors (Lipinski definition) is 2. The summed E-state index contributed by atoms with van der Waals surface area (Å²) in [6, 6.07) is 5.51. The smallest absolute Gasteiger partial charge is 0.134 e. The maximum absolute atomic E-state index is 9.81. The third-order valence-corrected chi connectivity index (χ3v) is 3.11. The van der Waals surface area contributed by atoms with Crippen molar-refractivity contribution in [3.05, 3.63) is 28.2 Å². The minimum Gasteiger partial charge on any atom is -0.506 e. The predicted molar refractivity (Wildman–Crippen MR) is 74.1 cm³/mol. The van der Waals surface area contributed by atoms with Crippen LogP contribution in [0.5, 0.6) is 5.75 Å². The molecule has 1 aromatic carbocycles. The first-order valence-corrected chi connectivity index (χ1v) is 6.04. The SMILES string of the molecule is CC(C)CC[C@@H](N)c1cccc(Br)c1O.Cl. The highest BCUT2D eigenvalue weighted by atomic mass is 79.9. The highest BCUT2D eigenvalue weighted by Crippen LogP contribution is 2.32. The maximum atomic E-state index is 9.81. The molecule has 0 aliphatic heterocycles. The van der Waals surface area contributed by atoms with Crippen LogP contribution in [-0.2, 0) is 0 Å². The highest BCUT2D eigenvalue weighted by Gasteiger charge is 2.12. The van der Waals surface area contributed by atoms with Gasteiger partial charge in [0.2, 0.25) is 0 Å². The molecule has 0 aliphatic rings. The van der Waals surface area contributed by atoms with Crippen molar-refractivity contribution >= 4 is 28.3 Å². The van der Waals surface area contributed by atoms with Gasteiger partial charge in [-0.3, -0.25) is 0 Å². The first kappa shape index (κ1) is 15.8. The molecule has 0 saturated heterocycles. The summed E-state index contributed by atoms with van der Waals surface area (Å²) < 4.78 is 0.708. The number of rotatable bonds is 4. The van der Waals surface area contributed by atoms with Crippen LogP contribution in [-0.4, -0.2) is 5.11 Å². The molecule has 0 bridgehead atoms. The maximum Gasteiger partial charge on any atom is 0.134 e. The summed E-state index contributed by atoms with van der Waals surface area (Å²) in [5.41, 5.74) is 6.86. The van der Waals surface area contributed by atoms with Gasteiger partial charge in [0, 0.05) is 11.6 Å². The molecular weight excluding hydrogens is 289 g/mol. The van der Waals surface area contributed by atoms with E-state index in [-0.39, 0.29) is 24.2 Å². The second kappa shape index (κ2) is 7.15. The lowest BCUT2D eigenvalue weighted by Crippen LogP contribution is -2.11. The monoisotopic (exact) mass is 307 g/mol. The summed E-state index contributed by atoms with van der Waals surface area (Å²) in [4.78, 5) is 0. The van der Waals surface area contributed by atoms with Gasteiger partial charge >= 0.3 is 0 Å². The molecule has 0 aromatic heterocycles. The van der Waals surface area contributed by atoms with Gasteiger partial charge in [0.1, 0.15) is 5.75 Å². The van der Waals surface area contributed by atoms with E-state index < -0.39 is 0 Å². The van der Waals surface area contributed by atoms with Gasteiger partial charge < -0.3 is 10.8 Å². The lowest BCUT2D eigenvalue weighted by Gasteiger charge is -2.15. The van der Waals surface area contributed by atoms with Crippen molar-refractivity contribution in [2.45, 2.75) is 32.7 Å². The van der Waals surface area contributed by atoms with Crippen molar-refractivity contribution in [2.24, 2.45) is 11.7 Å². The number of para-hydroxylation sites is 1. The summed E-state index contributed by atoms with van der Waals surface area (Å²) in [5.74, 6) is 0.916. The Kier molecular flexibility index (Phi) is 7.04. The van der Waals surface area contributed by atoms with Crippen molar-refractivity contribution in [1.29, 1.82) is 0 Å². The quantitative estimate of drug-likeness (QED) is 0.882. The van der Waals surface area contributed by atoms with Gasteiger partial charge in [-0.2, -0.15) is 0 Å². The van der Waals surface area contributed by atoms with E-state index in [0.717, 1.165) is 18.4 Å². The van der Waals surface area contributed by atoms with Crippen LogP contribution in [0.15, 0.2) is 22.7 Å². The third-order valence-electron chi connectivity index (χ3n) is 2.47. The van der Waals surface area contributed by atoms with Crippen LogP contribution in [0.2, 0.25) is 0 Å². The van der Waals surface area contributed by atoms with E-state index in [9.17, 15) is 5.11 Å². The zero-order valence-electron chi connectivity index (χ0n) is 9.61. The Bertz CT molecular complexity index is 331. The van der Waals surface area contributed by atoms with Crippen molar-refractivity contribution in [3.63, 3.8) is 0 Å². The molecule has 0 heterocycles. The van der Waals surface area contributed by atoms with Crippen molar-refractivity contribution in [3.8, 4) is 5.75 Å². The Labute approximate surface area is 112 Å². The van der Waals surface area contributed by atoms with Gasteiger partial charge in [0.15, 0.2) is 0 Å². The number of benzene rings is 1. The fourth-order valence-corrected chi connectivity index (χ4v) is 1.88. The minimum absolute atomic E-state index is 0. The molecule has 0 radical (unpaired) electrons. The second-order valence-electron chi connectivity index (χ2n) is 4.26. The molecule has 0 aliphatic carbocycles.